The van der Waals surface area contributed by atoms with Gasteiger partial charge in [0.05, 0.1) is 26.1 Å². The number of rotatable bonds is 22. The molecule has 0 aliphatic rings. The number of unbranched alkanes of at least 4 members (excludes halogenated alkanes) is 2. The van der Waals surface area contributed by atoms with E-state index in [1.54, 1.807) is 13.8 Å². The summed E-state index contributed by atoms with van der Waals surface area (Å²) in [6.07, 6.45) is 4.38. The van der Waals surface area contributed by atoms with Gasteiger partial charge in [0.1, 0.15) is 24.4 Å². The molecule has 0 spiro atoms. The van der Waals surface area contributed by atoms with Crippen molar-refractivity contribution in [1.29, 1.82) is 0 Å². The van der Waals surface area contributed by atoms with Gasteiger partial charge in [0.25, 0.3) is 0 Å². The summed E-state index contributed by atoms with van der Waals surface area (Å²) in [4.78, 5) is 44.0. The minimum absolute atomic E-state index is 0. The monoisotopic (exact) mass is 580 g/mol. The highest BCUT2D eigenvalue weighted by atomic mass is 27.0. The summed E-state index contributed by atoms with van der Waals surface area (Å²) in [7, 11) is 0. The second-order valence-electron chi connectivity index (χ2n) is 8.94. The SMILES string of the molecule is CCCCOC(C)(CC(=O)CC(=O)O)OCCCC.CCCOC(C)(CC(=O)CC(=O)O)OCCC.[AlH3].[AlH3]. The van der Waals surface area contributed by atoms with Crippen molar-refractivity contribution in [3.05, 3.63) is 0 Å². The maximum Gasteiger partial charge on any atom is 0.310 e. The van der Waals surface area contributed by atoms with E-state index in [0.29, 0.717) is 26.4 Å². The zero-order chi connectivity index (χ0) is 28.0. The van der Waals surface area contributed by atoms with Crippen LogP contribution in [0.15, 0.2) is 0 Å². The van der Waals surface area contributed by atoms with Gasteiger partial charge < -0.3 is 29.2 Å². The minimum Gasteiger partial charge on any atom is -0.481 e. The van der Waals surface area contributed by atoms with Gasteiger partial charge in [-0.1, -0.05) is 40.5 Å². The molecule has 224 valence electrons. The van der Waals surface area contributed by atoms with Crippen LogP contribution in [0.3, 0.4) is 0 Å². The van der Waals surface area contributed by atoms with Crippen molar-refractivity contribution in [1.82, 2.24) is 0 Å². The Morgan fingerprint density at radius 1 is 0.553 bits per heavy atom. The van der Waals surface area contributed by atoms with E-state index in [1.165, 1.54) is 0 Å². The molecule has 0 saturated carbocycles. The zero-order valence-corrected chi connectivity index (χ0v) is 23.1. The first-order valence-corrected chi connectivity index (χ1v) is 12.9. The third-order valence-corrected chi connectivity index (χ3v) is 4.77. The van der Waals surface area contributed by atoms with E-state index < -0.39 is 36.4 Å². The number of ether oxygens (including phenoxy) is 4. The summed E-state index contributed by atoms with van der Waals surface area (Å²) in [6, 6.07) is 0. The fourth-order valence-corrected chi connectivity index (χ4v) is 2.97. The molecule has 0 unspecified atom stereocenters. The van der Waals surface area contributed by atoms with Gasteiger partial charge in [-0.05, 0) is 39.5 Å². The van der Waals surface area contributed by atoms with Crippen molar-refractivity contribution in [3.63, 3.8) is 0 Å². The van der Waals surface area contributed by atoms with Crippen molar-refractivity contribution >= 4 is 58.2 Å². The molecular formula is C26H54Al2O10. The van der Waals surface area contributed by atoms with Crippen molar-refractivity contribution in [2.24, 2.45) is 0 Å². The smallest absolute Gasteiger partial charge is 0.310 e. The van der Waals surface area contributed by atoms with Gasteiger partial charge in [0.2, 0.25) is 0 Å². The van der Waals surface area contributed by atoms with E-state index in [9.17, 15) is 19.2 Å². The maximum absolute atomic E-state index is 11.6. The standard InChI is InChI=1S/C14H26O5.C12H22O5.2Al.6H/c1-4-6-8-18-14(3,19-9-7-5-2)11-12(15)10-13(16)17;1-4-6-16-12(3,17-7-5-2)9-10(13)8-11(14)15;;;;;;;;/h4-11H2,1-3H3,(H,16,17);4-9H2,1-3H3,(H,14,15);;;;;;;;. The summed E-state index contributed by atoms with van der Waals surface area (Å²) in [5.41, 5.74) is 0. The van der Waals surface area contributed by atoms with Crippen LogP contribution < -0.4 is 0 Å². The molecule has 0 fully saturated rings. The lowest BCUT2D eigenvalue weighted by molar-refractivity contribution is -0.228. The number of carboxylic acids is 2. The Bertz CT molecular complexity index is 626. The Morgan fingerprint density at radius 2 is 0.842 bits per heavy atom. The molecule has 0 aromatic rings. The van der Waals surface area contributed by atoms with Crippen molar-refractivity contribution in [2.45, 2.75) is 117 Å². The van der Waals surface area contributed by atoms with Crippen molar-refractivity contribution < 1.29 is 48.3 Å². The van der Waals surface area contributed by atoms with E-state index in [2.05, 4.69) is 0 Å². The van der Waals surface area contributed by atoms with Crippen LogP contribution in [-0.4, -0.2) is 106 Å². The second kappa shape index (κ2) is 26.4. The number of carboxylic acid groups (broad SMARTS) is 2. The molecule has 2 N–H and O–H groups in total. The number of hydrogen-bond acceptors (Lipinski definition) is 8. The molecule has 10 nitrogen and oxygen atoms in total. The van der Waals surface area contributed by atoms with Gasteiger partial charge in [-0.25, -0.2) is 0 Å². The molecule has 0 aliphatic carbocycles. The molecule has 12 heteroatoms. The van der Waals surface area contributed by atoms with Gasteiger partial charge in [0.15, 0.2) is 46.3 Å². The molecule has 0 bridgehead atoms. The topological polar surface area (TPSA) is 146 Å². The van der Waals surface area contributed by atoms with Gasteiger partial charge in [0, 0.05) is 13.2 Å². The average molecular weight is 581 g/mol. The fraction of sp³-hybridized carbons (Fsp3) is 0.846. The molecule has 0 heterocycles. The Labute approximate surface area is 249 Å². The molecule has 0 amide bonds. The summed E-state index contributed by atoms with van der Waals surface area (Å²) < 4.78 is 22.3. The zero-order valence-electron chi connectivity index (χ0n) is 23.1. The lowest BCUT2D eigenvalue weighted by atomic mass is 10.1. The highest BCUT2D eigenvalue weighted by Gasteiger charge is 2.30. The molecule has 0 aromatic carbocycles. The van der Waals surface area contributed by atoms with Crippen LogP contribution in [0.2, 0.25) is 0 Å². The second-order valence-corrected chi connectivity index (χ2v) is 8.94. The Hall–Kier alpha value is -0.815. The third-order valence-electron chi connectivity index (χ3n) is 4.77. The van der Waals surface area contributed by atoms with Crippen LogP contribution in [0.1, 0.15) is 106 Å². The Morgan fingerprint density at radius 3 is 1.08 bits per heavy atom. The van der Waals surface area contributed by atoms with Crippen molar-refractivity contribution in [2.75, 3.05) is 26.4 Å². The molecule has 0 aliphatic heterocycles. The first-order chi connectivity index (χ1) is 16.9. The number of carbonyl (C=O) groups excluding carboxylic acids is 2. The number of Topliss-reactive ketones (excluding diaryl/α,β-unsaturated/α-hetero) is 2. The van der Waals surface area contributed by atoms with E-state index >= 15 is 0 Å². The fourth-order valence-electron chi connectivity index (χ4n) is 2.97. The summed E-state index contributed by atoms with van der Waals surface area (Å²) in [6.45, 7) is 13.4. The van der Waals surface area contributed by atoms with E-state index in [0.717, 1.165) is 38.5 Å². The first kappa shape index (κ1) is 44.2. The highest BCUT2D eigenvalue weighted by Crippen LogP contribution is 2.21. The normalized spacial score (nSPS) is 10.9. The van der Waals surface area contributed by atoms with Crippen LogP contribution in [0.5, 0.6) is 0 Å². The molecule has 0 radical (unpaired) electrons. The minimum atomic E-state index is -1.12. The molecule has 0 atom stereocenters. The molecule has 0 aromatic heterocycles. The molecular weight excluding hydrogens is 526 g/mol. The lowest BCUT2D eigenvalue weighted by Crippen LogP contribution is -2.36. The van der Waals surface area contributed by atoms with Gasteiger partial charge >= 0.3 is 11.9 Å². The van der Waals surface area contributed by atoms with Gasteiger partial charge in [-0.15, -0.1) is 0 Å². The van der Waals surface area contributed by atoms with Crippen LogP contribution >= 0.6 is 0 Å². The van der Waals surface area contributed by atoms with Gasteiger partial charge in [-0.3, -0.25) is 19.2 Å². The molecule has 0 saturated heterocycles. The summed E-state index contributed by atoms with van der Waals surface area (Å²) in [5.74, 6) is -5.00. The largest absolute Gasteiger partial charge is 0.481 e. The van der Waals surface area contributed by atoms with Crippen LogP contribution in [-0.2, 0) is 38.1 Å². The number of hydrogen-bond donors (Lipinski definition) is 2. The highest BCUT2D eigenvalue weighted by molar-refractivity contribution is 5.95. The van der Waals surface area contributed by atoms with E-state index in [-0.39, 0.29) is 59.1 Å². The molecule has 0 rings (SSSR count). The predicted octanol–water partition coefficient (Wildman–Crippen LogP) is 2.39. The number of ketones is 2. The van der Waals surface area contributed by atoms with Crippen molar-refractivity contribution in [3.8, 4) is 0 Å². The predicted molar refractivity (Wildman–Crippen MR) is 155 cm³/mol. The molecule has 38 heavy (non-hydrogen) atoms. The Balaban J connectivity index is -0.000000291. The quantitative estimate of drug-likeness (QED) is 0.0847. The van der Waals surface area contributed by atoms with Gasteiger partial charge in [-0.2, -0.15) is 0 Å². The lowest BCUT2D eigenvalue weighted by Gasteiger charge is -2.29. The Kier molecular flexibility index (Phi) is 30.7. The van der Waals surface area contributed by atoms with E-state index in [1.807, 2.05) is 27.7 Å². The number of carbonyl (C=O) groups is 4. The van der Waals surface area contributed by atoms with Crippen LogP contribution in [0, 0.1) is 0 Å². The maximum atomic E-state index is 11.6. The third kappa shape index (κ3) is 26.8. The summed E-state index contributed by atoms with van der Waals surface area (Å²) in [5, 5.41) is 17.1. The average Bonchev–Trinajstić information content (AvgIpc) is 2.76. The van der Waals surface area contributed by atoms with Crippen LogP contribution in [0.4, 0.5) is 0 Å². The van der Waals surface area contributed by atoms with E-state index in [4.69, 9.17) is 29.2 Å². The number of aliphatic carboxylic acids is 2. The van der Waals surface area contributed by atoms with Crippen LogP contribution in [0.25, 0.3) is 0 Å². The summed E-state index contributed by atoms with van der Waals surface area (Å²) >= 11 is 0. The first-order valence-electron chi connectivity index (χ1n) is 12.9.